The standard InChI is InChI=1S/C21H26F3N5O/c1-13-8-16-15(27-19(13)28-18(30)9-20(2,3)4)6-5-7-29(16)12-14-10-26-17(11-25-14)21(22,23)24/h8,10-11H,5-7,9,12H2,1-4H3,(H,27,28,30). The summed E-state index contributed by atoms with van der Waals surface area (Å²) in [6, 6.07) is 1.96. The monoisotopic (exact) mass is 421 g/mol. The number of hydrogen-bond acceptors (Lipinski definition) is 5. The number of rotatable bonds is 4. The molecule has 0 bridgehead atoms. The lowest BCUT2D eigenvalue weighted by Crippen LogP contribution is -2.30. The summed E-state index contributed by atoms with van der Waals surface area (Å²) in [6.45, 7) is 8.97. The molecule has 1 amide bonds. The van der Waals surface area contributed by atoms with Crippen molar-refractivity contribution in [3.63, 3.8) is 0 Å². The van der Waals surface area contributed by atoms with Crippen molar-refractivity contribution in [2.45, 2.75) is 59.7 Å². The molecule has 0 spiro atoms. The van der Waals surface area contributed by atoms with E-state index in [1.165, 1.54) is 6.20 Å². The van der Waals surface area contributed by atoms with Gasteiger partial charge in [0.25, 0.3) is 0 Å². The van der Waals surface area contributed by atoms with E-state index in [1.807, 2.05) is 38.7 Å². The molecule has 0 aromatic carbocycles. The van der Waals surface area contributed by atoms with Crippen molar-refractivity contribution in [3.8, 4) is 0 Å². The molecule has 0 fully saturated rings. The minimum Gasteiger partial charge on any atom is -0.364 e. The van der Waals surface area contributed by atoms with E-state index < -0.39 is 11.9 Å². The number of pyridine rings is 1. The second-order valence-electron chi connectivity index (χ2n) is 8.82. The zero-order valence-electron chi connectivity index (χ0n) is 17.6. The fourth-order valence-corrected chi connectivity index (χ4v) is 3.38. The van der Waals surface area contributed by atoms with Crippen LogP contribution >= 0.6 is 0 Å². The molecule has 0 unspecified atom stereocenters. The minimum atomic E-state index is -4.50. The van der Waals surface area contributed by atoms with Crippen molar-refractivity contribution in [2.75, 3.05) is 16.8 Å². The third-order valence-electron chi connectivity index (χ3n) is 4.75. The third kappa shape index (κ3) is 5.46. The number of nitrogens with one attached hydrogen (secondary N) is 1. The van der Waals surface area contributed by atoms with Gasteiger partial charge in [-0.3, -0.25) is 9.78 Å². The Kier molecular flexibility index (Phi) is 6.01. The number of carbonyl (C=O) groups is 1. The molecule has 3 heterocycles. The Morgan fingerprint density at radius 1 is 1.20 bits per heavy atom. The first-order valence-electron chi connectivity index (χ1n) is 9.86. The molecule has 6 nitrogen and oxygen atoms in total. The van der Waals surface area contributed by atoms with Crippen LogP contribution in [0.15, 0.2) is 18.5 Å². The molecule has 0 saturated carbocycles. The molecule has 3 rings (SSSR count). The van der Waals surface area contributed by atoms with E-state index in [1.54, 1.807) is 0 Å². The zero-order chi connectivity index (χ0) is 22.1. The molecule has 0 aliphatic carbocycles. The fraction of sp³-hybridized carbons (Fsp3) is 0.524. The van der Waals surface area contributed by atoms with Crippen molar-refractivity contribution in [1.82, 2.24) is 15.0 Å². The smallest absolute Gasteiger partial charge is 0.364 e. The highest BCUT2D eigenvalue weighted by molar-refractivity contribution is 5.91. The SMILES string of the molecule is Cc1cc2c(nc1NC(=O)CC(C)(C)C)CCCN2Cc1cnc(C(F)(F)F)cn1. The first-order valence-corrected chi connectivity index (χ1v) is 9.86. The summed E-state index contributed by atoms with van der Waals surface area (Å²) in [5.41, 5.74) is 1.94. The molecule has 1 aliphatic rings. The summed E-state index contributed by atoms with van der Waals surface area (Å²) in [5.74, 6) is 0.477. The van der Waals surface area contributed by atoms with E-state index in [0.29, 0.717) is 24.5 Å². The molecular formula is C21H26F3N5O. The van der Waals surface area contributed by atoms with Crippen LogP contribution in [0.25, 0.3) is 0 Å². The number of halogens is 3. The molecule has 2 aromatic heterocycles. The summed E-state index contributed by atoms with van der Waals surface area (Å²) >= 11 is 0. The normalized spacial score (nSPS) is 14.4. The maximum atomic E-state index is 12.7. The van der Waals surface area contributed by atoms with Crippen LogP contribution in [0.2, 0.25) is 0 Å². The van der Waals surface area contributed by atoms with Gasteiger partial charge in [0.05, 0.1) is 36.0 Å². The number of hydrogen-bond donors (Lipinski definition) is 1. The van der Waals surface area contributed by atoms with E-state index in [4.69, 9.17) is 0 Å². The van der Waals surface area contributed by atoms with E-state index in [0.717, 1.165) is 42.5 Å². The topological polar surface area (TPSA) is 71.0 Å². The van der Waals surface area contributed by atoms with Gasteiger partial charge in [-0.05, 0) is 36.8 Å². The Balaban J connectivity index is 1.77. The Labute approximate surface area is 173 Å². The second-order valence-corrected chi connectivity index (χ2v) is 8.82. The van der Waals surface area contributed by atoms with Gasteiger partial charge in [-0.1, -0.05) is 20.8 Å². The third-order valence-corrected chi connectivity index (χ3v) is 4.75. The number of carbonyl (C=O) groups excluding carboxylic acids is 1. The second kappa shape index (κ2) is 8.20. The lowest BCUT2D eigenvalue weighted by molar-refractivity contribution is -0.141. The molecule has 2 aromatic rings. The highest BCUT2D eigenvalue weighted by atomic mass is 19.4. The summed E-state index contributed by atoms with van der Waals surface area (Å²) in [7, 11) is 0. The predicted molar refractivity (Wildman–Crippen MR) is 108 cm³/mol. The molecule has 0 saturated heterocycles. The van der Waals surface area contributed by atoms with Crippen LogP contribution in [-0.2, 0) is 23.9 Å². The minimum absolute atomic E-state index is 0.0780. The predicted octanol–water partition coefficient (Wildman–Crippen LogP) is 4.53. The van der Waals surface area contributed by atoms with E-state index in [-0.39, 0.29) is 11.3 Å². The molecular weight excluding hydrogens is 395 g/mol. The maximum absolute atomic E-state index is 12.7. The maximum Gasteiger partial charge on any atom is 0.434 e. The number of anilines is 2. The van der Waals surface area contributed by atoms with Gasteiger partial charge in [0.15, 0.2) is 5.69 Å². The van der Waals surface area contributed by atoms with Crippen molar-refractivity contribution in [1.29, 1.82) is 0 Å². The van der Waals surface area contributed by atoms with Crippen molar-refractivity contribution < 1.29 is 18.0 Å². The van der Waals surface area contributed by atoms with Crippen molar-refractivity contribution in [2.24, 2.45) is 5.41 Å². The molecule has 162 valence electrons. The lowest BCUT2D eigenvalue weighted by Gasteiger charge is -2.31. The largest absolute Gasteiger partial charge is 0.434 e. The van der Waals surface area contributed by atoms with Crippen LogP contribution in [0.3, 0.4) is 0 Å². The quantitative estimate of drug-likeness (QED) is 0.786. The molecule has 0 radical (unpaired) electrons. The van der Waals surface area contributed by atoms with Gasteiger partial charge in [-0.2, -0.15) is 13.2 Å². The Morgan fingerprint density at radius 2 is 1.93 bits per heavy atom. The van der Waals surface area contributed by atoms with Crippen LogP contribution in [-0.4, -0.2) is 27.4 Å². The van der Waals surface area contributed by atoms with E-state index >= 15 is 0 Å². The number of fused-ring (bicyclic) bond motifs is 1. The van der Waals surface area contributed by atoms with E-state index in [2.05, 4.69) is 20.3 Å². The van der Waals surface area contributed by atoms with Crippen molar-refractivity contribution in [3.05, 3.63) is 41.1 Å². The van der Waals surface area contributed by atoms with Crippen LogP contribution in [0.1, 0.15) is 56.3 Å². The van der Waals surface area contributed by atoms with Gasteiger partial charge in [-0.25, -0.2) is 9.97 Å². The highest BCUT2D eigenvalue weighted by Gasteiger charge is 2.33. The lowest BCUT2D eigenvalue weighted by atomic mass is 9.92. The molecule has 9 heteroatoms. The summed E-state index contributed by atoms with van der Waals surface area (Å²) in [4.78, 5) is 26.4. The van der Waals surface area contributed by atoms with Gasteiger partial charge in [0.2, 0.25) is 5.91 Å². The zero-order valence-corrected chi connectivity index (χ0v) is 17.6. The van der Waals surface area contributed by atoms with E-state index in [9.17, 15) is 18.0 Å². The first kappa shape index (κ1) is 22.0. The van der Waals surface area contributed by atoms with Crippen LogP contribution in [0.4, 0.5) is 24.7 Å². The van der Waals surface area contributed by atoms with Crippen LogP contribution in [0.5, 0.6) is 0 Å². The average molecular weight is 421 g/mol. The van der Waals surface area contributed by atoms with Gasteiger partial charge >= 0.3 is 6.18 Å². The fourth-order valence-electron chi connectivity index (χ4n) is 3.38. The summed E-state index contributed by atoms with van der Waals surface area (Å²) in [6.07, 6.45) is -0.558. The molecule has 30 heavy (non-hydrogen) atoms. The van der Waals surface area contributed by atoms with Gasteiger partial charge < -0.3 is 10.2 Å². The molecule has 0 atom stereocenters. The van der Waals surface area contributed by atoms with Gasteiger partial charge in [0, 0.05) is 13.0 Å². The molecule has 1 aliphatic heterocycles. The summed E-state index contributed by atoms with van der Waals surface area (Å²) < 4.78 is 38.1. The first-order chi connectivity index (χ1) is 13.9. The Hall–Kier alpha value is -2.71. The van der Waals surface area contributed by atoms with Crippen molar-refractivity contribution >= 4 is 17.4 Å². The number of alkyl halides is 3. The summed E-state index contributed by atoms with van der Waals surface area (Å²) in [5, 5.41) is 2.90. The van der Waals surface area contributed by atoms with Gasteiger partial charge in [0.1, 0.15) is 5.82 Å². The van der Waals surface area contributed by atoms with Gasteiger partial charge in [-0.15, -0.1) is 0 Å². The number of nitrogens with zero attached hydrogens (tertiary/aromatic N) is 4. The number of aryl methyl sites for hydroxylation is 2. The highest BCUT2D eigenvalue weighted by Crippen LogP contribution is 2.31. The van der Waals surface area contributed by atoms with Crippen LogP contribution in [0, 0.1) is 12.3 Å². The number of amides is 1. The van der Waals surface area contributed by atoms with Crippen LogP contribution < -0.4 is 10.2 Å². The Morgan fingerprint density at radius 3 is 2.53 bits per heavy atom. The Bertz CT molecular complexity index is 920. The molecule has 1 N–H and O–H groups in total. The average Bonchev–Trinajstić information content (AvgIpc) is 2.61. The number of aromatic nitrogens is 3.